The van der Waals surface area contributed by atoms with E-state index < -0.39 is 5.60 Å². The van der Waals surface area contributed by atoms with Gasteiger partial charge in [0.25, 0.3) is 0 Å². The van der Waals surface area contributed by atoms with Gasteiger partial charge in [-0.3, -0.25) is 0 Å². The molecule has 0 radical (unpaired) electrons. The van der Waals surface area contributed by atoms with Gasteiger partial charge in [0.05, 0.1) is 0 Å². The Kier molecular flexibility index (Phi) is 3.41. The zero-order valence-corrected chi connectivity index (χ0v) is 6.06. The van der Waals surface area contributed by atoms with Crippen LogP contribution in [-0.2, 0) is 0 Å². The van der Waals surface area contributed by atoms with Gasteiger partial charge < -0.3 is 10.6 Å². The molecule has 1 aliphatic rings. The highest BCUT2D eigenvalue weighted by Gasteiger charge is 2.25. The second kappa shape index (κ2) is 3.60. The van der Waals surface area contributed by atoms with E-state index >= 15 is 0 Å². The van der Waals surface area contributed by atoms with Crippen molar-refractivity contribution < 1.29 is 10.6 Å². The minimum Gasteiger partial charge on any atom is -0.412 e. The van der Waals surface area contributed by atoms with Crippen LogP contribution in [0.5, 0.6) is 0 Å². The molecule has 2 nitrogen and oxygen atoms in total. The average molecular weight is 142 g/mol. The summed E-state index contributed by atoms with van der Waals surface area (Å²) in [6.07, 6.45) is 10.1. The summed E-state index contributed by atoms with van der Waals surface area (Å²) in [6, 6.07) is 0. The van der Waals surface area contributed by atoms with Crippen LogP contribution >= 0.6 is 0 Å². The average Bonchev–Trinajstić information content (AvgIpc) is 1.90. The summed E-state index contributed by atoms with van der Waals surface area (Å²) in [5, 5.41) is 9.44. The van der Waals surface area contributed by atoms with Gasteiger partial charge in [-0.05, 0) is 25.7 Å². The molecule has 1 saturated carbocycles. The zero-order valence-electron chi connectivity index (χ0n) is 6.06. The van der Waals surface area contributed by atoms with Gasteiger partial charge in [0, 0.05) is 0 Å². The third-order valence-corrected chi connectivity index (χ3v) is 1.95. The zero-order chi connectivity index (χ0) is 6.74. The molecule has 0 unspecified atom stereocenters. The van der Waals surface area contributed by atoms with Crippen molar-refractivity contribution in [1.29, 1.82) is 0 Å². The van der Waals surface area contributed by atoms with Crippen molar-refractivity contribution in [3.8, 4) is 12.3 Å². The van der Waals surface area contributed by atoms with Crippen molar-refractivity contribution >= 4 is 0 Å². The van der Waals surface area contributed by atoms with Gasteiger partial charge >= 0.3 is 0 Å². The van der Waals surface area contributed by atoms with E-state index in [1.54, 1.807) is 0 Å². The monoisotopic (exact) mass is 142 g/mol. The van der Waals surface area contributed by atoms with Gasteiger partial charge in [-0.25, -0.2) is 0 Å². The van der Waals surface area contributed by atoms with Crippen LogP contribution in [0.3, 0.4) is 0 Å². The Morgan fingerprint density at radius 2 is 1.70 bits per heavy atom. The van der Waals surface area contributed by atoms with Gasteiger partial charge in [0.2, 0.25) is 0 Å². The maximum absolute atomic E-state index is 9.44. The minimum absolute atomic E-state index is 0. The minimum atomic E-state index is -0.752. The molecule has 0 aliphatic heterocycles. The standard InChI is InChI=1S/C8H12O.H2O/c1-2-8(9)6-4-3-5-7-8;/h1,9H,3-7H2;1H2. The van der Waals surface area contributed by atoms with Crippen LogP contribution in [0.25, 0.3) is 0 Å². The molecule has 1 rings (SSSR count). The lowest BCUT2D eigenvalue weighted by Crippen LogP contribution is -2.28. The molecular weight excluding hydrogens is 128 g/mol. The van der Waals surface area contributed by atoms with Gasteiger partial charge in [-0.15, -0.1) is 6.42 Å². The van der Waals surface area contributed by atoms with E-state index in [-0.39, 0.29) is 5.48 Å². The number of rotatable bonds is 0. The summed E-state index contributed by atoms with van der Waals surface area (Å²) in [4.78, 5) is 0. The lowest BCUT2D eigenvalue weighted by Gasteiger charge is -2.26. The molecule has 0 bridgehead atoms. The Morgan fingerprint density at radius 3 is 2.00 bits per heavy atom. The molecule has 1 aliphatic carbocycles. The maximum atomic E-state index is 9.44. The summed E-state index contributed by atoms with van der Waals surface area (Å²) in [5.74, 6) is 2.44. The van der Waals surface area contributed by atoms with Crippen molar-refractivity contribution in [2.24, 2.45) is 0 Å². The van der Waals surface area contributed by atoms with Crippen LogP contribution < -0.4 is 0 Å². The molecule has 0 amide bonds. The molecular formula is C8H14O2. The van der Waals surface area contributed by atoms with E-state index in [9.17, 15) is 5.11 Å². The first-order valence-electron chi connectivity index (χ1n) is 3.47. The van der Waals surface area contributed by atoms with E-state index in [0.717, 1.165) is 25.7 Å². The smallest absolute Gasteiger partial charge is 0.125 e. The normalized spacial score (nSPS) is 22.4. The molecule has 0 saturated heterocycles. The summed E-state index contributed by atoms with van der Waals surface area (Å²) in [5.41, 5.74) is -0.752. The summed E-state index contributed by atoms with van der Waals surface area (Å²) in [7, 11) is 0. The number of hydrogen-bond acceptors (Lipinski definition) is 1. The van der Waals surface area contributed by atoms with Gasteiger partial charge in [0.1, 0.15) is 5.60 Å². The second-order valence-corrected chi connectivity index (χ2v) is 2.74. The highest BCUT2D eigenvalue weighted by Crippen LogP contribution is 2.26. The van der Waals surface area contributed by atoms with Gasteiger partial charge in [-0.1, -0.05) is 12.3 Å². The lowest BCUT2D eigenvalue weighted by atomic mass is 9.86. The Labute approximate surface area is 61.6 Å². The van der Waals surface area contributed by atoms with Gasteiger partial charge in [-0.2, -0.15) is 0 Å². The van der Waals surface area contributed by atoms with Crippen molar-refractivity contribution in [1.82, 2.24) is 0 Å². The molecule has 3 N–H and O–H groups in total. The van der Waals surface area contributed by atoms with Crippen LogP contribution in [-0.4, -0.2) is 16.2 Å². The van der Waals surface area contributed by atoms with Crippen molar-refractivity contribution in [2.75, 3.05) is 0 Å². The number of aliphatic hydroxyl groups is 1. The maximum Gasteiger partial charge on any atom is 0.125 e. The predicted octanol–water partition coefficient (Wildman–Crippen LogP) is 0.490. The van der Waals surface area contributed by atoms with Crippen molar-refractivity contribution in [2.45, 2.75) is 37.7 Å². The Balaban J connectivity index is 0.000000810. The molecule has 0 atom stereocenters. The third kappa shape index (κ3) is 2.02. The summed E-state index contributed by atoms with van der Waals surface area (Å²) in [6.45, 7) is 0. The number of hydrogen-bond donors (Lipinski definition) is 1. The first-order valence-corrected chi connectivity index (χ1v) is 3.47. The third-order valence-electron chi connectivity index (χ3n) is 1.95. The summed E-state index contributed by atoms with van der Waals surface area (Å²) >= 11 is 0. The molecule has 0 aromatic carbocycles. The van der Waals surface area contributed by atoms with Crippen LogP contribution in [0, 0.1) is 12.3 Å². The second-order valence-electron chi connectivity index (χ2n) is 2.74. The summed E-state index contributed by atoms with van der Waals surface area (Å²) < 4.78 is 0. The van der Waals surface area contributed by atoms with Crippen molar-refractivity contribution in [3.63, 3.8) is 0 Å². The molecule has 58 valence electrons. The molecule has 0 aromatic heterocycles. The highest BCUT2D eigenvalue weighted by molar-refractivity contribution is 5.07. The van der Waals surface area contributed by atoms with E-state index in [4.69, 9.17) is 6.42 Å². The molecule has 0 heterocycles. The fraction of sp³-hybridized carbons (Fsp3) is 0.750. The van der Waals surface area contributed by atoms with Crippen LogP contribution in [0.4, 0.5) is 0 Å². The topological polar surface area (TPSA) is 51.7 Å². The van der Waals surface area contributed by atoms with Crippen molar-refractivity contribution in [3.05, 3.63) is 0 Å². The van der Waals surface area contributed by atoms with Crippen LogP contribution in [0.1, 0.15) is 32.1 Å². The Hall–Kier alpha value is -0.520. The fourth-order valence-corrected chi connectivity index (χ4v) is 1.28. The van der Waals surface area contributed by atoms with E-state index in [1.165, 1.54) is 6.42 Å². The molecule has 10 heavy (non-hydrogen) atoms. The van der Waals surface area contributed by atoms with Crippen LogP contribution in [0.2, 0.25) is 0 Å². The van der Waals surface area contributed by atoms with E-state index in [0.29, 0.717) is 0 Å². The first-order chi connectivity index (χ1) is 4.27. The van der Waals surface area contributed by atoms with E-state index in [2.05, 4.69) is 5.92 Å². The quantitative estimate of drug-likeness (QED) is 0.492. The SMILES string of the molecule is C#CC1(O)CCCCC1.O. The number of terminal acetylenes is 1. The predicted molar refractivity (Wildman–Crippen MR) is 40.5 cm³/mol. The molecule has 0 aromatic rings. The Bertz CT molecular complexity index is 129. The first kappa shape index (κ1) is 9.48. The largest absolute Gasteiger partial charge is 0.412 e. The van der Waals surface area contributed by atoms with Crippen LogP contribution in [0.15, 0.2) is 0 Å². The molecule has 1 fully saturated rings. The molecule has 2 heteroatoms. The Morgan fingerprint density at radius 1 is 1.20 bits per heavy atom. The fourth-order valence-electron chi connectivity index (χ4n) is 1.28. The molecule has 0 spiro atoms. The van der Waals surface area contributed by atoms with E-state index in [1.807, 2.05) is 0 Å². The lowest BCUT2D eigenvalue weighted by molar-refractivity contribution is 0.0612. The van der Waals surface area contributed by atoms with Gasteiger partial charge in [0.15, 0.2) is 0 Å². The highest BCUT2D eigenvalue weighted by atomic mass is 16.3.